The van der Waals surface area contributed by atoms with Gasteiger partial charge in [-0.3, -0.25) is 9.59 Å². The molecule has 0 aliphatic heterocycles. The van der Waals surface area contributed by atoms with Crippen molar-refractivity contribution >= 4 is 27.5 Å². The van der Waals surface area contributed by atoms with Gasteiger partial charge in [0, 0.05) is 31.4 Å². The summed E-state index contributed by atoms with van der Waals surface area (Å²) in [5.41, 5.74) is 0.439. The van der Waals surface area contributed by atoms with E-state index in [2.05, 4.69) is 5.32 Å². The third kappa shape index (κ3) is 5.18. The van der Waals surface area contributed by atoms with Crippen LogP contribution in [0.2, 0.25) is 5.02 Å². The Hall–Kier alpha value is -2.16. The highest BCUT2D eigenvalue weighted by molar-refractivity contribution is 7.89. The number of carbonyl (C=O) groups excluding carboxylic acids is 1. The summed E-state index contributed by atoms with van der Waals surface area (Å²) in [6.45, 7) is 1.65. The monoisotopic (exact) mass is 411 g/mol. The Kier molecular flexibility index (Phi) is 6.80. The van der Waals surface area contributed by atoms with E-state index in [4.69, 9.17) is 11.6 Å². The standard InChI is InChI=1S/C18H22ClN3O4S/c1-4-16(13-5-7-14(19)8-6-13)20-17(23)12-22-11-15(9-10-18(22)24)27(25,26)21(2)3/h5-11,16H,4,12H2,1-3H3,(H,20,23). The molecule has 0 aliphatic rings. The first-order valence-electron chi connectivity index (χ1n) is 8.33. The Morgan fingerprint density at radius 3 is 2.37 bits per heavy atom. The SMILES string of the molecule is CCC(NC(=O)Cn1cc(S(=O)(=O)N(C)C)ccc1=O)c1ccc(Cl)cc1. The molecular weight excluding hydrogens is 390 g/mol. The zero-order chi connectivity index (χ0) is 20.2. The van der Waals surface area contributed by atoms with Gasteiger partial charge in [0.2, 0.25) is 15.9 Å². The Morgan fingerprint density at radius 2 is 1.81 bits per heavy atom. The van der Waals surface area contributed by atoms with Crippen LogP contribution in [0.3, 0.4) is 0 Å². The van der Waals surface area contributed by atoms with Gasteiger partial charge in [0.15, 0.2) is 0 Å². The lowest BCUT2D eigenvalue weighted by molar-refractivity contribution is -0.122. The number of aromatic nitrogens is 1. The summed E-state index contributed by atoms with van der Waals surface area (Å²) in [5, 5.41) is 3.46. The maximum absolute atomic E-state index is 12.4. The van der Waals surface area contributed by atoms with E-state index < -0.39 is 21.5 Å². The van der Waals surface area contributed by atoms with Crippen molar-refractivity contribution in [2.45, 2.75) is 30.8 Å². The molecule has 1 unspecified atom stereocenters. The molecule has 1 amide bonds. The van der Waals surface area contributed by atoms with Gasteiger partial charge in [-0.1, -0.05) is 30.7 Å². The van der Waals surface area contributed by atoms with Crippen LogP contribution in [0, 0.1) is 0 Å². The van der Waals surface area contributed by atoms with Gasteiger partial charge >= 0.3 is 0 Å². The summed E-state index contributed by atoms with van der Waals surface area (Å²) in [6.07, 6.45) is 1.83. The number of benzene rings is 1. The molecule has 7 nitrogen and oxygen atoms in total. The lowest BCUT2D eigenvalue weighted by Crippen LogP contribution is -2.35. The Bertz CT molecular complexity index is 969. The smallest absolute Gasteiger partial charge is 0.251 e. The first-order valence-corrected chi connectivity index (χ1v) is 10.1. The Labute approximate surface area is 163 Å². The number of sulfonamides is 1. The van der Waals surface area contributed by atoms with E-state index in [1.807, 2.05) is 19.1 Å². The molecule has 2 aromatic rings. The molecule has 1 heterocycles. The van der Waals surface area contributed by atoms with Crippen molar-refractivity contribution in [1.29, 1.82) is 0 Å². The number of pyridine rings is 1. The lowest BCUT2D eigenvalue weighted by Gasteiger charge is -2.18. The number of nitrogens with zero attached hydrogens (tertiary/aromatic N) is 2. The van der Waals surface area contributed by atoms with Gasteiger partial charge in [-0.05, 0) is 30.2 Å². The van der Waals surface area contributed by atoms with E-state index in [0.717, 1.165) is 20.5 Å². The highest BCUT2D eigenvalue weighted by Gasteiger charge is 2.19. The molecular formula is C18H22ClN3O4S. The predicted molar refractivity (Wildman–Crippen MR) is 104 cm³/mol. The average molecular weight is 412 g/mol. The number of hydrogen-bond acceptors (Lipinski definition) is 4. The second kappa shape index (κ2) is 8.69. The van der Waals surface area contributed by atoms with Crippen molar-refractivity contribution in [3.8, 4) is 0 Å². The fraction of sp³-hybridized carbons (Fsp3) is 0.333. The zero-order valence-electron chi connectivity index (χ0n) is 15.3. The number of carbonyl (C=O) groups is 1. The molecule has 1 aromatic carbocycles. The van der Waals surface area contributed by atoms with Crippen LogP contribution < -0.4 is 10.9 Å². The molecule has 27 heavy (non-hydrogen) atoms. The topological polar surface area (TPSA) is 88.5 Å². The third-order valence-corrected chi connectivity index (χ3v) is 6.12. The maximum atomic E-state index is 12.4. The number of rotatable bonds is 7. The quantitative estimate of drug-likeness (QED) is 0.754. The highest BCUT2D eigenvalue weighted by atomic mass is 35.5. The minimum absolute atomic E-state index is 0.0513. The maximum Gasteiger partial charge on any atom is 0.251 e. The number of amides is 1. The van der Waals surface area contributed by atoms with Crippen LogP contribution in [0.4, 0.5) is 0 Å². The molecule has 0 bridgehead atoms. The molecule has 0 saturated heterocycles. The molecule has 146 valence electrons. The Morgan fingerprint density at radius 1 is 1.19 bits per heavy atom. The minimum Gasteiger partial charge on any atom is -0.348 e. The Balaban J connectivity index is 2.19. The van der Waals surface area contributed by atoms with Gasteiger partial charge in [0.1, 0.15) is 6.54 Å². The van der Waals surface area contributed by atoms with Crippen LogP contribution >= 0.6 is 11.6 Å². The number of hydrogen-bond donors (Lipinski definition) is 1. The van der Waals surface area contributed by atoms with Crippen molar-refractivity contribution in [1.82, 2.24) is 14.2 Å². The molecule has 1 atom stereocenters. The second-order valence-corrected chi connectivity index (χ2v) is 8.79. The van der Waals surface area contributed by atoms with Crippen molar-refractivity contribution in [3.05, 3.63) is 63.5 Å². The van der Waals surface area contributed by atoms with Crippen molar-refractivity contribution in [3.63, 3.8) is 0 Å². The van der Waals surface area contributed by atoms with Gasteiger partial charge in [-0.25, -0.2) is 12.7 Å². The molecule has 0 aliphatic carbocycles. The second-order valence-electron chi connectivity index (χ2n) is 6.20. The largest absolute Gasteiger partial charge is 0.348 e. The van der Waals surface area contributed by atoms with E-state index >= 15 is 0 Å². The minimum atomic E-state index is -3.70. The van der Waals surface area contributed by atoms with Gasteiger partial charge in [0.05, 0.1) is 10.9 Å². The molecule has 0 fully saturated rings. The molecule has 0 spiro atoms. The average Bonchev–Trinajstić information content (AvgIpc) is 2.62. The van der Waals surface area contributed by atoms with Crippen molar-refractivity contribution in [2.24, 2.45) is 0 Å². The number of nitrogens with one attached hydrogen (secondary N) is 1. The normalized spacial score (nSPS) is 12.8. The van der Waals surface area contributed by atoms with E-state index in [0.29, 0.717) is 11.4 Å². The van der Waals surface area contributed by atoms with Crippen LogP contribution in [0.15, 0.2) is 52.3 Å². The van der Waals surface area contributed by atoms with Gasteiger partial charge < -0.3 is 9.88 Å². The first kappa shape index (κ1) is 21.1. The summed E-state index contributed by atoms with van der Waals surface area (Å²) < 4.78 is 26.6. The summed E-state index contributed by atoms with van der Waals surface area (Å²) in [4.78, 5) is 24.4. The molecule has 2 rings (SSSR count). The van der Waals surface area contributed by atoms with Gasteiger partial charge in [-0.15, -0.1) is 0 Å². The summed E-state index contributed by atoms with van der Waals surface area (Å²) in [7, 11) is -0.901. The molecule has 1 aromatic heterocycles. The van der Waals surface area contributed by atoms with Crippen LogP contribution in [0.1, 0.15) is 24.9 Å². The highest BCUT2D eigenvalue weighted by Crippen LogP contribution is 2.19. The van der Waals surface area contributed by atoms with E-state index in [-0.39, 0.29) is 17.5 Å². The van der Waals surface area contributed by atoms with Crippen LogP contribution in [0.5, 0.6) is 0 Å². The molecule has 9 heteroatoms. The van der Waals surface area contributed by atoms with Crippen LogP contribution in [-0.4, -0.2) is 37.3 Å². The predicted octanol–water partition coefficient (Wildman–Crippen LogP) is 2.02. The lowest BCUT2D eigenvalue weighted by atomic mass is 10.0. The fourth-order valence-electron chi connectivity index (χ4n) is 2.51. The summed E-state index contributed by atoms with van der Waals surface area (Å²) in [6, 6.07) is 9.27. The first-order chi connectivity index (χ1) is 12.6. The van der Waals surface area contributed by atoms with E-state index in [9.17, 15) is 18.0 Å². The van der Waals surface area contributed by atoms with Crippen LogP contribution in [0.25, 0.3) is 0 Å². The molecule has 0 radical (unpaired) electrons. The zero-order valence-corrected chi connectivity index (χ0v) is 16.9. The number of halogens is 1. The van der Waals surface area contributed by atoms with Gasteiger partial charge in [-0.2, -0.15) is 0 Å². The van der Waals surface area contributed by atoms with Crippen molar-refractivity contribution in [2.75, 3.05) is 14.1 Å². The fourth-order valence-corrected chi connectivity index (χ4v) is 3.56. The molecule has 0 saturated carbocycles. The third-order valence-electron chi connectivity index (χ3n) is 4.06. The van der Waals surface area contributed by atoms with Crippen LogP contribution in [-0.2, 0) is 21.4 Å². The van der Waals surface area contributed by atoms with E-state index in [1.54, 1.807) is 12.1 Å². The summed E-state index contributed by atoms with van der Waals surface area (Å²) in [5.74, 6) is -0.390. The van der Waals surface area contributed by atoms with Gasteiger partial charge in [0.25, 0.3) is 5.56 Å². The molecule has 1 N–H and O–H groups in total. The van der Waals surface area contributed by atoms with E-state index in [1.165, 1.54) is 26.4 Å². The summed E-state index contributed by atoms with van der Waals surface area (Å²) >= 11 is 5.89. The van der Waals surface area contributed by atoms with Crippen molar-refractivity contribution < 1.29 is 13.2 Å².